The average molecular weight is 290 g/mol. The van der Waals surface area contributed by atoms with Gasteiger partial charge in [-0.3, -0.25) is 4.68 Å². The number of hydrogen-bond acceptors (Lipinski definition) is 4. The van der Waals surface area contributed by atoms with Gasteiger partial charge in [0.15, 0.2) is 0 Å². The van der Waals surface area contributed by atoms with Crippen molar-refractivity contribution in [3.8, 4) is 11.9 Å². The Kier molecular flexibility index (Phi) is 2.88. The van der Waals surface area contributed by atoms with E-state index in [0.29, 0.717) is 15.4 Å². The number of halogens is 2. The number of nitrogens with zero attached hydrogens (tertiary/aromatic N) is 4. The third-order valence-electron chi connectivity index (χ3n) is 1.54. The molecule has 0 saturated carbocycles. The summed E-state index contributed by atoms with van der Waals surface area (Å²) in [5.74, 6) is 0.380. The molecule has 78 valence electrons. The van der Waals surface area contributed by atoms with Gasteiger partial charge in [-0.1, -0.05) is 11.6 Å². The SMILES string of the molecule is Cn1cnc(Oc2ncc(Cl)cc2Br)n1. The molecule has 0 fully saturated rings. The van der Waals surface area contributed by atoms with Gasteiger partial charge in [-0.05, 0) is 22.0 Å². The highest BCUT2D eigenvalue weighted by molar-refractivity contribution is 9.10. The van der Waals surface area contributed by atoms with Gasteiger partial charge in [0.25, 0.3) is 0 Å². The van der Waals surface area contributed by atoms with E-state index in [-0.39, 0.29) is 6.01 Å². The molecule has 0 aliphatic carbocycles. The summed E-state index contributed by atoms with van der Waals surface area (Å²) in [5.41, 5.74) is 0. The monoisotopic (exact) mass is 288 g/mol. The van der Waals surface area contributed by atoms with E-state index in [9.17, 15) is 0 Å². The number of rotatable bonds is 2. The molecule has 2 heterocycles. The average Bonchev–Trinajstić information content (AvgIpc) is 2.56. The lowest BCUT2D eigenvalue weighted by molar-refractivity contribution is 0.420. The molecule has 2 rings (SSSR count). The van der Waals surface area contributed by atoms with Crippen LogP contribution < -0.4 is 4.74 Å². The Hall–Kier alpha value is -1.14. The summed E-state index contributed by atoms with van der Waals surface area (Å²) in [6.45, 7) is 0. The van der Waals surface area contributed by atoms with Crippen LogP contribution in [-0.2, 0) is 7.05 Å². The predicted octanol–water partition coefficient (Wildman–Crippen LogP) is 2.42. The van der Waals surface area contributed by atoms with Crippen molar-refractivity contribution in [1.82, 2.24) is 19.7 Å². The molecular formula is C8H6BrClN4O. The van der Waals surface area contributed by atoms with Crippen LogP contribution in [0.4, 0.5) is 0 Å². The lowest BCUT2D eigenvalue weighted by atomic mass is 10.5. The number of ether oxygens (including phenoxy) is 1. The van der Waals surface area contributed by atoms with Crippen LogP contribution in [0, 0.1) is 0 Å². The van der Waals surface area contributed by atoms with Crippen LogP contribution in [0.2, 0.25) is 5.02 Å². The molecule has 0 unspecified atom stereocenters. The molecule has 7 heteroatoms. The first-order chi connectivity index (χ1) is 7.15. The van der Waals surface area contributed by atoms with Crippen molar-refractivity contribution in [2.45, 2.75) is 0 Å². The van der Waals surface area contributed by atoms with Crippen molar-refractivity contribution in [1.29, 1.82) is 0 Å². The Morgan fingerprint density at radius 1 is 1.47 bits per heavy atom. The minimum absolute atomic E-state index is 0.244. The van der Waals surface area contributed by atoms with Gasteiger partial charge >= 0.3 is 6.01 Å². The first-order valence-corrected chi connectivity index (χ1v) is 5.17. The van der Waals surface area contributed by atoms with Crippen LogP contribution in [0.25, 0.3) is 0 Å². The van der Waals surface area contributed by atoms with Crippen molar-refractivity contribution in [3.63, 3.8) is 0 Å². The maximum absolute atomic E-state index is 5.74. The zero-order chi connectivity index (χ0) is 10.8. The summed E-state index contributed by atoms with van der Waals surface area (Å²) in [6, 6.07) is 1.93. The molecule has 0 spiro atoms. The van der Waals surface area contributed by atoms with Gasteiger partial charge in [0.2, 0.25) is 5.88 Å². The van der Waals surface area contributed by atoms with Crippen LogP contribution in [0.3, 0.4) is 0 Å². The van der Waals surface area contributed by atoms with Crippen molar-refractivity contribution in [3.05, 3.63) is 28.1 Å². The molecule has 0 aliphatic rings. The fourth-order valence-electron chi connectivity index (χ4n) is 0.930. The molecule has 2 aromatic heterocycles. The molecule has 0 aliphatic heterocycles. The molecule has 0 bridgehead atoms. The first kappa shape index (κ1) is 10.4. The van der Waals surface area contributed by atoms with Crippen molar-refractivity contribution in [2.24, 2.45) is 7.05 Å². The Balaban J connectivity index is 2.24. The minimum atomic E-state index is 0.244. The van der Waals surface area contributed by atoms with E-state index in [4.69, 9.17) is 16.3 Å². The summed E-state index contributed by atoms with van der Waals surface area (Å²) in [5, 5.41) is 4.49. The highest BCUT2D eigenvalue weighted by Gasteiger charge is 2.07. The summed E-state index contributed by atoms with van der Waals surface area (Å²) < 4.78 is 7.52. The molecule has 0 N–H and O–H groups in total. The second kappa shape index (κ2) is 4.16. The maximum atomic E-state index is 5.74. The van der Waals surface area contributed by atoms with E-state index in [1.54, 1.807) is 24.1 Å². The Morgan fingerprint density at radius 3 is 2.87 bits per heavy atom. The minimum Gasteiger partial charge on any atom is -0.403 e. The number of hydrogen-bond donors (Lipinski definition) is 0. The van der Waals surface area contributed by atoms with Crippen molar-refractivity contribution < 1.29 is 4.74 Å². The smallest absolute Gasteiger partial charge is 0.342 e. The highest BCUT2D eigenvalue weighted by atomic mass is 79.9. The molecule has 0 saturated heterocycles. The first-order valence-electron chi connectivity index (χ1n) is 3.99. The van der Waals surface area contributed by atoms with E-state index in [2.05, 4.69) is 31.0 Å². The molecule has 0 radical (unpaired) electrons. The van der Waals surface area contributed by atoms with E-state index in [1.165, 1.54) is 6.20 Å². The van der Waals surface area contributed by atoms with Gasteiger partial charge in [0, 0.05) is 13.2 Å². The van der Waals surface area contributed by atoms with Gasteiger partial charge in [0.05, 0.1) is 9.50 Å². The van der Waals surface area contributed by atoms with E-state index in [1.807, 2.05) is 0 Å². The van der Waals surface area contributed by atoms with Crippen molar-refractivity contribution in [2.75, 3.05) is 0 Å². The molecule has 0 amide bonds. The predicted molar refractivity (Wildman–Crippen MR) is 58.0 cm³/mol. The Labute approximate surface area is 99.2 Å². The van der Waals surface area contributed by atoms with Gasteiger partial charge in [-0.2, -0.15) is 4.98 Å². The molecule has 0 aromatic carbocycles. The summed E-state index contributed by atoms with van der Waals surface area (Å²) in [6.07, 6.45) is 3.03. The molecule has 2 aromatic rings. The van der Waals surface area contributed by atoms with E-state index < -0.39 is 0 Å². The van der Waals surface area contributed by atoms with Gasteiger partial charge in [-0.25, -0.2) is 4.98 Å². The number of pyridine rings is 1. The quantitative estimate of drug-likeness (QED) is 0.852. The largest absolute Gasteiger partial charge is 0.403 e. The number of aryl methyl sites for hydroxylation is 1. The normalized spacial score (nSPS) is 10.3. The second-order valence-electron chi connectivity index (χ2n) is 2.74. The lowest BCUT2D eigenvalue weighted by Crippen LogP contribution is -1.92. The maximum Gasteiger partial charge on any atom is 0.342 e. The van der Waals surface area contributed by atoms with Gasteiger partial charge in [-0.15, -0.1) is 5.10 Å². The highest BCUT2D eigenvalue weighted by Crippen LogP contribution is 2.27. The molecule has 0 atom stereocenters. The van der Waals surface area contributed by atoms with Crippen molar-refractivity contribution >= 4 is 27.5 Å². The van der Waals surface area contributed by atoms with Crippen LogP contribution in [0.1, 0.15) is 0 Å². The van der Waals surface area contributed by atoms with Crippen LogP contribution in [-0.4, -0.2) is 19.7 Å². The Morgan fingerprint density at radius 2 is 2.27 bits per heavy atom. The molecular weight excluding hydrogens is 283 g/mol. The summed E-state index contributed by atoms with van der Waals surface area (Å²) >= 11 is 9.02. The van der Waals surface area contributed by atoms with Gasteiger partial charge < -0.3 is 4.74 Å². The fraction of sp³-hybridized carbons (Fsp3) is 0.125. The zero-order valence-corrected chi connectivity index (χ0v) is 10.0. The van der Waals surface area contributed by atoms with E-state index >= 15 is 0 Å². The molecule has 5 nitrogen and oxygen atoms in total. The van der Waals surface area contributed by atoms with Crippen LogP contribution in [0.15, 0.2) is 23.1 Å². The summed E-state index contributed by atoms with van der Waals surface area (Å²) in [4.78, 5) is 7.90. The molecule has 15 heavy (non-hydrogen) atoms. The third kappa shape index (κ3) is 2.45. The van der Waals surface area contributed by atoms with E-state index in [0.717, 1.165) is 0 Å². The number of aromatic nitrogens is 4. The topological polar surface area (TPSA) is 52.8 Å². The third-order valence-corrected chi connectivity index (χ3v) is 2.32. The lowest BCUT2D eigenvalue weighted by Gasteiger charge is -2.01. The second-order valence-corrected chi connectivity index (χ2v) is 4.03. The standard InChI is InChI=1S/C8H6BrClN4O/c1-14-4-12-8(13-14)15-7-6(9)2-5(10)3-11-7/h2-4H,1H3. The van der Waals surface area contributed by atoms with Crippen LogP contribution >= 0.6 is 27.5 Å². The van der Waals surface area contributed by atoms with Crippen LogP contribution in [0.5, 0.6) is 11.9 Å². The fourth-order valence-corrected chi connectivity index (χ4v) is 1.65. The Bertz CT molecular complexity index is 487. The summed E-state index contributed by atoms with van der Waals surface area (Å²) in [7, 11) is 1.75. The van der Waals surface area contributed by atoms with Gasteiger partial charge in [0.1, 0.15) is 6.33 Å². The zero-order valence-electron chi connectivity index (χ0n) is 7.69.